The summed E-state index contributed by atoms with van der Waals surface area (Å²) in [5, 5.41) is 4.34. The van der Waals surface area contributed by atoms with E-state index in [9.17, 15) is 8.42 Å². The first-order valence-corrected chi connectivity index (χ1v) is 12.9. The van der Waals surface area contributed by atoms with Crippen molar-refractivity contribution in [2.45, 2.75) is 19.9 Å². The predicted octanol–water partition coefficient (Wildman–Crippen LogP) is 5.17. The normalized spacial score (nSPS) is 12.3. The first-order chi connectivity index (χ1) is 16.7. The van der Waals surface area contributed by atoms with E-state index in [-0.39, 0.29) is 6.04 Å². The van der Waals surface area contributed by atoms with Gasteiger partial charge in [-0.1, -0.05) is 30.3 Å². The molecule has 0 saturated carbocycles. The van der Waals surface area contributed by atoms with Gasteiger partial charge in [0.25, 0.3) is 0 Å². The second kappa shape index (κ2) is 9.79. The molecule has 3 aromatic carbocycles. The maximum Gasteiger partial charge on any atom is 0.229 e. The lowest BCUT2D eigenvalue weighted by molar-refractivity contribution is 0.356. The van der Waals surface area contributed by atoms with E-state index in [1.807, 2.05) is 55.5 Å². The monoisotopic (exact) mass is 492 g/mol. The van der Waals surface area contributed by atoms with Crippen LogP contribution in [0, 0.1) is 6.92 Å². The summed E-state index contributed by atoms with van der Waals surface area (Å²) in [4.78, 5) is 9.19. The Kier molecular flexibility index (Phi) is 6.79. The highest BCUT2D eigenvalue weighted by molar-refractivity contribution is 7.92. The number of hydrogen-bond acceptors (Lipinski definition) is 7. The number of aryl methyl sites for hydroxylation is 1. The average Bonchev–Trinajstić information content (AvgIpc) is 2.82. The molecule has 0 saturated heterocycles. The molecule has 2 N–H and O–H groups in total. The van der Waals surface area contributed by atoms with Crippen LogP contribution in [-0.2, 0) is 10.0 Å². The van der Waals surface area contributed by atoms with Crippen LogP contribution in [0.3, 0.4) is 0 Å². The van der Waals surface area contributed by atoms with Crippen molar-refractivity contribution in [3.05, 3.63) is 72.1 Å². The van der Waals surface area contributed by atoms with Crippen LogP contribution in [0.1, 0.15) is 24.4 Å². The van der Waals surface area contributed by atoms with Gasteiger partial charge >= 0.3 is 0 Å². The van der Waals surface area contributed by atoms with E-state index >= 15 is 0 Å². The maximum atomic E-state index is 11.6. The van der Waals surface area contributed by atoms with Crippen molar-refractivity contribution in [1.29, 1.82) is 0 Å². The molecule has 1 unspecified atom stereocenters. The first kappa shape index (κ1) is 24.3. The first-order valence-electron chi connectivity index (χ1n) is 11.0. The maximum absolute atomic E-state index is 11.6. The summed E-state index contributed by atoms with van der Waals surface area (Å²) in [5.41, 5.74) is 4.22. The van der Waals surface area contributed by atoms with Crippen LogP contribution in [0.2, 0.25) is 0 Å². The van der Waals surface area contributed by atoms with Gasteiger partial charge in [-0.2, -0.15) is 0 Å². The molecule has 1 atom stereocenters. The Labute approximate surface area is 205 Å². The van der Waals surface area contributed by atoms with Crippen molar-refractivity contribution in [1.82, 2.24) is 9.97 Å². The molecule has 0 radical (unpaired) electrons. The van der Waals surface area contributed by atoms with Gasteiger partial charge in [0.2, 0.25) is 10.0 Å². The Morgan fingerprint density at radius 3 is 2.23 bits per heavy atom. The van der Waals surface area contributed by atoms with Crippen molar-refractivity contribution in [3.8, 4) is 22.6 Å². The fourth-order valence-electron chi connectivity index (χ4n) is 3.93. The van der Waals surface area contributed by atoms with Gasteiger partial charge in [-0.25, -0.2) is 18.4 Å². The van der Waals surface area contributed by atoms with Gasteiger partial charge in [0.15, 0.2) is 11.5 Å². The molecule has 182 valence electrons. The lowest BCUT2D eigenvalue weighted by atomic mass is 9.99. The minimum Gasteiger partial charge on any atom is -0.493 e. The van der Waals surface area contributed by atoms with Gasteiger partial charge in [0, 0.05) is 23.2 Å². The third-order valence-corrected chi connectivity index (χ3v) is 6.16. The van der Waals surface area contributed by atoms with Crippen LogP contribution < -0.4 is 19.5 Å². The van der Waals surface area contributed by atoms with Gasteiger partial charge in [-0.15, -0.1) is 0 Å². The average molecular weight is 493 g/mol. The second-order valence-corrected chi connectivity index (χ2v) is 10.0. The fourth-order valence-corrected chi connectivity index (χ4v) is 4.49. The molecule has 0 spiro atoms. The molecule has 0 amide bonds. The number of methoxy groups -OCH3 is 2. The van der Waals surface area contributed by atoms with Crippen molar-refractivity contribution < 1.29 is 17.9 Å². The van der Waals surface area contributed by atoms with E-state index < -0.39 is 10.0 Å². The Hall–Kier alpha value is -3.85. The number of sulfonamides is 1. The van der Waals surface area contributed by atoms with Gasteiger partial charge in [0.1, 0.15) is 11.6 Å². The molecular formula is C26H28N4O4S. The number of aromatic nitrogens is 2. The van der Waals surface area contributed by atoms with Crippen LogP contribution in [0.25, 0.3) is 22.0 Å². The molecule has 1 aromatic heterocycles. The smallest absolute Gasteiger partial charge is 0.229 e. The highest BCUT2D eigenvalue weighted by Crippen LogP contribution is 2.35. The number of nitrogens with zero attached hydrogens (tertiary/aromatic N) is 2. The van der Waals surface area contributed by atoms with Crippen molar-refractivity contribution >= 4 is 32.4 Å². The van der Waals surface area contributed by atoms with Gasteiger partial charge < -0.3 is 14.8 Å². The van der Waals surface area contributed by atoms with E-state index in [0.29, 0.717) is 28.8 Å². The molecule has 9 heteroatoms. The predicted molar refractivity (Wildman–Crippen MR) is 140 cm³/mol. The van der Waals surface area contributed by atoms with Crippen LogP contribution in [0.4, 0.5) is 11.5 Å². The SMILES string of the molecule is COc1cc2nc(C)nc(NC(C)c3cccc(-c4cccc(NS(C)(=O)=O)c4)c3)c2cc1OC. The van der Waals surface area contributed by atoms with E-state index in [1.165, 1.54) is 0 Å². The highest BCUT2D eigenvalue weighted by Gasteiger charge is 2.15. The number of anilines is 2. The minimum absolute atomic E-state index is 0.0714. The van der Waals surface area contributed by atoms with E-state index in [2.05, 4.69) is 33.0 Å². The van der Waals surface area contributed by atoms with Gasteiger partial charge in [-0.05, 0) is 54.8 Å². The number of fused-ring (bicyclic) bond motifs is 1. The van der Waals surface area contributed by atoms with E-state index in [4.69, 9.17) is 9.47 Å². The summed E-state index contributed by atoms with van der Waals surface area (Å²) in [7, 11) is -0.159. The second-order valence-electron chi connectivity index (χ2n) is 8.29. The summed E-state index contributed by atoms with van der Waals surface area (Å²) in [6.07, 6.45) is 1.14. The summed E-state index contributed by atoms with van der Waals surface area (Å²) in [6.45, 7) is 3.91. The Bertz CT molecular complexity index is 1490. The summed E-state index contributed by atoms with van der Waals surface area (Å²) < 4.78 is 36.6. The zero-order chi connectivity index (χ0) is 25.2. The van der Waals surface area contributed by atoms with Gasteiger partial charge in [-0.3, -0.25) is 4.72 Å². The zero-order valence-electron chi connectivity index (χ0n) is 20.3. The van der Waals surface area contributed by atoms with Crippen molar-refractivity contribution in [2.75, 3.05) is 30.5 Å². The molecule has 0 aliphatic rings. The van der Waals surface area contributed by atoms with E-state index in [0.717, 1.165) is 33.8 Å². The number of hydrogen-bond donors (Lipinski definition) is 2. The molecular weight excluding hydrogens is 464 g/mol. The third kappa shape index (κ3) is 5.63. The largest absolute Gasteiger partial charge is 0.493 e. The molecule has 4 rings (SSSR count). The Morgan fingerprint density at radius 1 is 0.886 bits per heavy atom. The summed E-state index contributed by atoms with van der Waals surface area (Å²) in [6, 6.07) is 19.1. The Balaban J connectivity index is 1.66. The van der Waals surface area contributed by atoms with Crippen LogP contribution in [0.5, 0.6) is 11.5 Å². The molecule has 8 nitrogen and oxygen atoms in total. The lowest BCUT2D eigenvalue weighted by Gasteiger charge is -2.18. The summed E-state index contributed by atoms with van der Waals surface area (Å²) >= 11 is 0. The molecule has 4 aromatic rings. The molecule has 1 heterocycles. The standard InChI is InChI=1S/C26H28N4O4S/c1-16(27-26-22-14-24(33-3)25(34-4)15-23(22)28-17(2)29-26)18-8-6-9-19(12-18)20-10-7-11-21(13-20)30-35(5,31)32/h6-16,30H,1-5H3,(H,27,28,29). The fraction of sp³-hybridized carbons (Fsp3) is 0.231. The number of nitrogens with one attached hydrogen (secondary N) is 2. The molecule has 0 aliphatic heterocycles. The lowest BCUT2D eigenvalue weighted by Crippen LogP contribution is -2.10. The number of benzene rings is 3. The third-order valence-electron chi connectivity index (χ3n) is 5.55. The Morgan fingerprint density at radius 2 is 1.54 bits per heavy atom. The number of ether oxygens (including phenoxy) is 2. The van der Waals surface area contributed by atoms with Gasteiger partial charge in [0.05, 0.1) is 26.0 Å². The minimum atomic E-state index is -3.35. The van der Waals surface area contributed by atoms with E-state index in [1.54, 1.807) is 20.3 Å². The van der Waals surface area contributed by atoms with Crippen molar-refractivity contribution in [3.63, 3.8) is 0 Å². The summed E-state index contributed by atoms with van der Waals surface area (Å²) in [5.74, 6) is 2.55. The number of rotatable bonds is 8. The van der Waals surface area contributed by atoms with Crippen LogP contribution in [-0.4, -0.2) is 38.9 Å². The van der Waals surface area contributed by atoms with Crippen LogP contribution >= 0.6 is 0 Å². The molecule has 0 bridgehead atoms. The molecule has 0 fully saturated rings. The quantitative estimate of drug-likeness (QED) is 0.350. The zero-order valence-corrected chi connectivity index (χ0v) is 21.1. The topological polar surface area (TPSA) is 102 Å². The molecule has 0 aliphatic carbocycles. The van der Waals surface area contributed by atoms with Crippen LogP contribution in [0.15, 0.2) is 60.7 Å². The van der Waals surface area contributed by atoms with Crippen molar-refractivity contribution in [2.24, 2.45) is 0 Å². The highest BCUT2D eigenvalue weighted by atomic mass is 32.2. The molecule has 35 heavy (non-hydrogen) atoms.